The molecule has 1 aromatic rings. The summed E-state index contributed by atoms with van der Waals surface area (Å²) in [5.41, 5.74) is 0.0827. The summed E-state index contributed by atoms with van der Waals surface area (Å²) in [4.78, 5) is 35.9. The van der Waals surface area contributed by atoms with Crippen molar-refractivity contribution in [1.29, 1.82) is 0 Å². The number of rotatable bonds is 9. The number of amides is 1. The highest BCUT2D eigenvalue weighted by atomic mass is 32.2. The molecule has 0 saturated heterocycles. The molecule has 1 rings (SSSR count). The zero-order valence-corrected chi connectivity index (χ0v) is 15.7. The zero-order chi connectivity index (χ0) is 19.1. The number of benzene rings is 1. The fourth-order valence-corrected chi connectivity index (χ4v) is 3.37. The van der Waals surface area contributed by atoms with Crippen molar-refractivity contribution in [3.05, 3.63) is 33.9 Å². The minimum absolute atomic E-state index is 0.0346. The molecule has 1 unspecified atom stereocenters. The van der Waals surface area contributed by atoms with Crippen LogP contribution in [0.4, 0.5) is 5.69 Å². The summed E-state index contributed by atoms with van der Waals surface area (Å²) < 4.78 is 0. The van der Waals surface area contributed by atoms with Gasteiger partial charge in [0.2, 0.25) is 0 Å². The molecule has 0 aliphatic rings. The summed E-state index contributed by atoms with van der Waals surface area (Å²) in [5, 5.41) is 20.2. The van der Waals surface area contributed by atoms with E-state index < -0.39 is 22.7 Å². The van der Waals surface area contributed by atoms with Crippen LogP contribution in [0.2, 0.25) is 0 Å². The van der Waals surface area contributed by atoms with Crippen molar-refractivity contribution in [2.24, 2.45) is 11.8 Å². The van der Waals surface area contributed by atoms with E-state index in [0.717, 1.165) is 12.2 Å². The molecule has 1 N–H and O–H groups in total. The first-order valence-corrected chi connectivity index (χ1v) is 9.01. The van der Waals surface area contributed by atoms with E-state index in [9.17, 15) is 19.7 Å². The Morgan fingerprint density at radius 2 is 1.96 bits per heavy atom. The van der Waals surface area contributed by atoms with Crippen molar-refractivity contribution in [1.82, 2.24) is 4.90 Å². The predicted molar refractivity (Wildman–Crippen MR) is 97.0 cm³/mol. The Bertz CT molecular complexity index is 648. The van der Waals surface area contributed by atoms with E-state index in [4.69, 9.17) is 5.11 Å². The van der Waals surface area contributed by atoms with Gasteiger partial charge in [0, 0.05) is 25.2 Å². The third-order valence-electron chi connectivity index (χ3n) is 3.67. The molecule has 0 saturated carbocycles. The van der Waals surface area contributed by atoms with Gasteiger partial charge in [-0.2, -0.15) is 0 Å². The smallest absolute Gasteiger partial charge is 0.308 e. The van der Waals surface area contributed by atoms with E-state index in [1.54, 1.807) is 12.1 Å². The van der Waals surface area contributed by atoms with Gasteiger partial charge in [0.1, 0.15) is 0 Å². The fraction of sp³-hybridized carbons (Fsp3) is 0.529. The van der Waals surface area contributed by atoms with Crippen LogP contribution in [0.15, 0.2) is 23.1 Å². The second-order valence-corrected chi connectivity index (χ2v) is 7.53. The molecule has 1 amide bonds. The molecule has 8 heteroatoms. The minimum atomic E-state index is -0.998. The average Bonchev–Trinajstić information content (AvgIpc) is 2.53. The lowest BCUT2D eigenvalue weighted by atomic mass is 10.1. The standard InChI is InChI=1S/C17H24N2O5S/c1-11(2)7-8-25-15-6-5-13(9-14(15)19(23)24)16(20)18(4)10-12(3)17(21)22/h5-6,9,11-12H,7-8,10H2,1-4H3,(H,21,22). The number of carboxylic acids is 1. The van der Waals surface area contributed by atoms with Crippen LogP contribution in [0.25, 0.3) is 0 Å². The predicted octanol–water partition coefficient (Wildman–Crippen LogP) is 3.53. The minimum Gasteiger partial charge on any atom is -0.481 e. The Morgan fingerprint density at radius 3 is 2.48 bits per heavy atom. The Morgan fingerprint density at radius 1 is 1.32 bits per heavy atom. The molecule has 0 radical (unpaired) electrons. The van der Waals surface area contributed by atoms with Crippen molar-refractivity contribution in [3.8, 4) is 0 Å². The van der Waals surface area contributed by atoms with Gasteiger partial charge in [0.05, 0.1) is 15.7 Å². The average molecular weight is 368 g/mol. The summed E-state index contributed by atoms with van der Waals surface area (Å²) in [6, 6.07) is 4.40. The summed E-state index contributed by atoms with van der Waals surface area (Å²) in [7, 11) is 1.49. The molecule has 0 spiro atoms. The van der Waals surface area contributed by atoms with Crippen LogP contribution in [0.1, 0.15) is 37.6 Å². The van der Waals surface area contributed by atoms with Crippen LogP contribution in [-0.4, -0.2) is 46.2 Å². The molecule has 25 heavy (non-hydrogen) atoms. The SMILES string of the molecule is CC(C)CCSc1ccc(C(=O)N(C)CC(C)C(=O)O)cc1[N+](=O)[O-]. The van der Waals surface area contributed by atoms with E-state index in [1.165, 1.54) is 36.7 Å². The molecule has 0 heterocycles. The molecule has 7 nitrogen and oxygen atoms in total. The summed E-state index contributed by atoms with van der Waals surface area (Å²) in [5.74, 6) is -0.869. The monoisotopic (exact) mass is 368 g/mol. The van der Waals surface area contributed by atoms with Gasteiger partial charge in [0.15, 0.2) is 0 Å². The number of carbonyl (C=O) groups is 2. The number of aliphatic carboxylic acids is 1. The Kier molecular flexibility index (Phi) is 7.89. The Hall–Kier alpha value is -2.09. The fourth-order valence-electron chi connectivity index (χ4n) is 2.11. The van der Waals surface area contributed by atoms with E-state index >= 15 is 0 Å². The quantitative estimate of drug-likeness (QED) is 0.406. The van der Waals surface area contributed by atoms with Crippen LogP contribution in [-0.2, 0) is 4.79 Å². The van der Waals surface area contributed by atoms with E-state index in [1.807, 2.05) is 0 Å². The van der Waals surface area contributed by atoms with Crippen LogP contribution in [0.3, 0.4) is 0 Å². The van der Waals surface area contributed by atoms with Crippen molar-refractivity contribution < 1.29 is 19.6 Å². The highest BCUT2D eigenvalue weighted by Gasteiger charge is 2.22. The summed E-state index contributed by atoms with van der Waals surface area (Å²) in [6.45, 7) is 5.71. The lowest BCUT2D eigenvalue weighted by Crippen LogP contribution is -2.33. The summed E-state index contributed by atoms with van der Waals surface area (Å²) in [6.07, 6.45) is 0.943. The van der Waals surface area contributed by atoms with Crippen LogP contribution >= 0.6 is 11.8 Å². The first-order valence-electron chi connectivity index (χ1n) is 8.03. The number of nitro groups is 1. The van der Waals surface area contributed by atoms with Gasteiger partial charge >= 0.3 is 5.97 Å². The third kappa shape index (κ3) is 6.38. The maximum Gasteiger partial charge on any atom is 0.308 e. The van der Waals surface area contributed by atoms with Crippen molar-refractivity contribution in [2.75, 3.05) is 19.3 Å². The first-order chi connectivity index (χ1) is 11.6. The first kappa shape index (κ1) is 21.0. The lowest BCUT2D eigenvalue weighted by Gasteiger charge is -2.19. The van der Waals surface area contributed by atoms with Gasteiger partial charge in [-0.3, -0.25) is 19.7 Å². The van der Waals surface area contributed by atoms with Gasteiger partial charge in [-0.15, -0.1) is 11.8 Å². The van der Waals surface area contributed by atoms with E-state index in [-0.39, 0.29) is 17.8 Å². The Labute approximate surface area is 151 Å². The van der Waals surface area contributed by atoms with Gasteiger partial charge < -0.3 is 10.0 Å². The normalized spacial score (nSPS) is 12.0. The number of nitrogens with zero attached hydrogens (tertiary/aromatic N) is 2. The molecule has 0 aliphatic carbocycles. The number of carboxylic acid groups (broad SMARTS) is 1. The largest absolute Gasteiger partial charge is 0.481 e. The van der Waals surface area contributed by atoms with Crippen LogP contribution < -0.4 is 0 Å². The second kappa shape index (κ2) is 9.41. The van der Waals surface area contributed by atoms with Gasteiger partial charge in [-0.1, -0.05) is 20.8 Å². The highest BCUT2D eigenvalue weighted by Crippen LogP contribution is 2.31. The maximum absolute atomic E-state index is 12.4. The van der Waals surface area contributed by atoms with Crippen molar-refractivity contribution in [3.63, 3.8) is 0 Å². The van der Waals surface area contributed by atoms with Crippen molar-refractivity contribution >= 4 is 29.3 Å². The van der Waals surface area contributed by atoms with Gasteiger partial charge in [0.25, 0.3) is 11.6 Å². The maximum atomic E-state index is 12.4. The highest BCUT2D eigenvalue weighted by molar-refractivity contribution is 7.99. The number of hydrogen-bond donors (Lipinski definition) is 1. The van der Waals surface area contributed by atoms with E-state index in [2.05, 4.69) is 13.8 Å². The molecule has 0 aromatic heterocycles. The van der Waals surface area contributed by atoms with Crippen LogP contribution in [0.5, 0.6) is 0 Å². The Balaban J connectivity index is 2.94. The van der Waals surface area contributed by atoms with E-state index in [0.29, 0.717) is 10.8 Å². The van der Waals surface area contributed by atoms with Crippen LogP contribution in [0, 0.1) is 22.0 Å². The lowest BCUT2D eigenvalue weighted by molar-refractivity contribution is -0.387. The van der Waals surface area contributed by atoms with Gasteiger partial charge in [-0.05, 0) is 30.2 Å². The zero-order valence-electron chi connectivity index (χ0n) is 14.9. The molecule has 138 valence electrons. The molecule has 0 aliphatic heterocycles. The molecule has 0 bridgehead atoms. The molecular weight excluding hydrogens is 344 g/mol. The number of thioether (sulfide) groups is 1. The molecule has 0 fully saturated rings. The molecular formula is C17H24N2O5S. The topological polar surface area (TPSA) is 101 Å². The second-order valence-electron chi connectivity index (χ2n) is 6.40. The number of hydrogen-bond acceptors (Lipinski definition) is 5. The summed E-state index contributed by atoms with van der Waals surface area (Å²) >= 11 is 1.40. The number of nitro benzene ring substituents is 1. The number of carbonyl (C=O) groups excluding carboxylic acids is 1. The molecule has 1 aromatic carbocycles. The third-order valence-corrected chi connectivity index (χ3v) is 4.77. The molecule has 1 atom stereocenters. The van der Waals surface area contributed by atoms with Gasteiger partial charge in [-0.25, -0.2) is 0 Å². The van der Waals surface area contributed by atoms with Crippen molar-refractivity contribution in [2.45, 2.75) is 32.1 Å².